The van der Waals surface area contributed by atoms with Crippen molar-refractivity contribution in [1.82, 2.24) is 4.90 Å². The minimum absolute atomic E-state index is 0.0498. The number of aliphatic hydroxyl groups is 1. The number of carbonyl (C=O) groups excluding carboxylic acids is 1. The molecule has 5 heteroatoms. The minimum Gasteiger partial charge on any atom is -0.395 e. The Hall–Kier alpha value is -1.43. The van der Waals surface area contributed by atoms with E-state index in [1.165, 1.54) is 0 Å². The Morgan fingerprint density at radius 2 is 2.30 bits per heavy atom. The molecule has 1 fully saturated rings. The maximum Gasteiger partial charge on any atom is 0.241 e. The zero-order valence-electron chi connectivity index (χ0n) is 11.9. The van der Waals surface area contributed by atoms with Gasteiger partial charge in [0.2, 0.25) is 5.91 Å². The molecule has 0 radical (unpaired) electrons. The molecule has 20 heavy (non-hydrogen) atoms. The van der Waals surface area contributed by atoms with Crippen LogP contribution in [0.4, 0.5) is 5.69 Å². The first-order valence-electron chi connectivity index (χ1n) is 7.12. The number of para-hydroxylation sites is 1. The Labute approximate surface area is 119 Å². The summed E-state index contributed by atoms with van der Waals surface area (Å²) in [6, 6.07) is 7.41. The molecule has 1 aromatic rings. The molecule has 0 bridgehead atoms. The van der Waals surface area contributed by atoms with Gasteiger partial charge in [0, 0.05) is 18.3 Å². The van der Waals surface area contributed by atoms with E-state index in [1.54, 1.807) is 0 Å². The van der Waals surface area contributed by atoms with Gasteiger partial charge in [0.15, 0.2) is 0 Å². The van der Waals surface area contributed by atoms with Gasteiger partial charge in [0.1, 0.15) is 0 Å². The number of hydrogen-bond donors (Lipinski definition) is 3. The quantitative estimate of drug-likeness (QED) is 0.748. The number of carbonyl (C=O) groups is 1. The van der Waals surface area contributed by atoms with Gasteiger partial charge in [-0.3, -0.25) is 9.69 Å². The Kier molecular flexibility index (Phi) is 5.11. The molecule has 2 atom stereocenters. The number of aliphatic hydroxyl groups excluding tert-OH is 1. The van der Waals surface area contributed by atoms with E-state index in [1.807, 2.05) is 31.2 Å². The number of nitrogens with one attached hydrogen (secondary N) is 1. The molecule has 1 aliphatic heterocycles. The summed E-state index contributed by atoms with van der Waals surface area (Å²) >= 11 is 0. The van der Waals surface area contributed by atoms with E-state index in [4.69, 9.17) is 5.73 Å². The molecule has 2 unspecified atom stereocenters. The Balaban J connectivity index is 2.04. The Bertz CT molecular complexity index is 464. The third kappa shape index (κ3) is 3.17. The third-order valence-corrected chi connectivity index (χ3v) is 4.01. The van der Waals surface area contributed by atoms with Crippen LogP contribution in [0.2, 0.25) is 0 Å². The number of likely N-dealkylation sites (tertiary alicyclic amines) is 1. The second kappa shape index (κ2) is 6.83. The SMILES string of the molecule is CC(C(=O)Nc1ccccc1CN)N1CCCC1CO. The second-order valence-corrected chi connectivity index (χ2v) is 5.24. The van der Waals surface area contributed by atoms with Gasteiger partial charge in [-0.1, -0.05) is 18.2 Å². The van der Waals surface area contributed by atoms with Crippen molar-refractivity contribution in [2.75, 3.05) is 18.5 Å². The van der Waals surface area contributed by atoms with Crippen LogP contribution in [0.5, 0.6) is 0 Å². The lowest BCUT2D eigenvalue weighted by Gasteiger charge is -2.28. The fraction of sp³-hybridized carbons (Fsp3) is 0.533. The molecular formula is C15H23N3O2. The predicted octanol–water partition coefficient (Wildman–Crippen LogP) is 0.929. The van der Waals surface area contributed by atoms with Crippen molar-refractivity contribution in [2.45, 2.75) is 38.4 Å². The number of rotatable bonds is 5. The van der Waals surface area contributed by atoms with Gasteiger partial charge in [-0.05, 0) is 37.9 Å². The van der Waals surface area contributed by atoms with Gasteiger partial charge in [0.05, 0.1) is 12.6 Å². The largest absolute Gasteiger partial charge is 0.395 e. The van der Waals surface area contributed by atoms with Crippen molar-refractivity contribution < 1.29 is 9.90 Å². The maximum absolute atomic E-state index is 12.4. The summed E-state index contributed by atoms with van der Waals surface area (Å²) in [6.45, 7) is 3.25. The lowest BCUT2D eigenvalue weighted by atomic mass is 10.1. The van der Waals surface area contributed by atoms with Crippen LogP contribution in [-0.4, -0.2) is 41.1 Å². The number of amides is 1. The fourth-order valence-corrected chi connectivity index (χ4v) is 2.77. The van der Waals surface area contributed by atoms with Crippen LogP contribution in [0.15, 0.2) is 24.3 Å². The predicted molar refractivity (Wildman–Crippen MR) is 79.2 cm³/mol. The highest BCUT2D eigenvalue weighted by molar-refractivity contribution is 5.95. The molecule has 0 spiro atoms. The lowest BCUT2D eigenvalue weighted by Crippen LogP contribution is -2.46. The summed E-state index contributed by atoms with van der Waals surface area (Å²) < 4.78 is 0. The van der Waals surface area contributed by atoms with Gasteiger partial charge in [-0.2, -0.15) is 0 Å². The van der Waals surface area contributed by atoms with Gasteiger partial charge in [-0.15, -0.1) is 0 Å². The van der Waals surface area contributed by atoms with E-state index in [-0.39, 0.29) is 24.6 Å². The topological polar surface area (TPSA) is 78.6 Å². The zero-order valence-corrected chi connectivity index (χ0v) is 11.9. The molecule has 2 rings (SSSR count). The normalized spacial score (nSPS) is 20.9. The first-order chi connectivity index (χ1) is 9.67. The van der Waals surface area contributed by atoms with E-state index in [0.29, 0.717) is 6.54 Å². The molecule has 0 aromatic heterocycles. The average molecular weight is 277 g/mol. The molecule has 1 heterocycles. The van der Waals surface area contributed by atoms with Crippen molar-refractivity contribution in [1.29, 1.82) is 0 Å². The number of anilines is 1. The number of benzene rings is 1. The monoisotopic (exact) mass is 277 g/mol. The first kappa shape index (κ1) is 15.0. The summed E-state index contributed by atoms with van der Waals surface area (Å²) in [5, 5.41) is 12.3. The summed E-state index contributed by atoms with van der Waals surface area (Å²) in [7, 11) is 0. The maximum atomic E-state index is 12.4. The lowest BCUT2D eigenvalue weighted by molar-refractivity contribution is -0.121. The Morgan fingerprint density at radius 1 is 1.55 bits per heavy atom. The van der Waals surface area contributed by atoms with Gasteiger partial charge in [0.25, 0.3) is 0 Å². The molecule has 1 aromatic carbocycles. The highest BCUT2D eigenvalue weighted by atomic mass is 16.3. The molecule has 4 N–H and O–H groups in total. The van der Waals surface area contributed by atoms with Crippen molar-refractivity contribution in [2.24, 2.45) is 5.73 Å². The van der Waals surface area contributed by atoms with Gasteiger partial charge in [-0.25, -0.2) is 0 Å². The van der Waals surface area contributed by atoms with Gasteiger partial charge >= 0.3 is 0 Å². The molecule has 1 amide bonds. The van der Waals surface area contributed by atoms with Crippen LogP contribution in [0.1, 0.15) is 25.3 Å². The van der Waals surface area contributed by atoms with Crippen LogP contribution in [0, 0.1) is 0 Å². The summed E-state index contributed by atoms with van der Waals surface area (Å²) in [4.78, 5) is 14.4. The molecular weight excluding hydrogens is 254 g/mol. The molecule has 1 saturated heterocycles. The molecule has 0 saturated carbocycles. The van der Waals surface area contributed by atoms with Crippen LogP contribution < -0.4 is 11.1 Å². The van der Waals surface area contributed by atoms with Crippen molar-refractivity contribution in [3.05, 3.63) is 29.8 Å². The second-order valence-electron chi connectivity index (χ2n) is 5.24. The number of nitrogens with two attached hydrogens (primary N) is 1. The van der Waals surface area contributed by atoms with Crippen LogP contribution in [-0.2, 0) is 11.3 Å². The fourth-order valence-electron chi connectivity index (χ4n) is 2.77. The summed E-state index contributed by atoms with van der Waals surface area (Å²) in [5.41, 5.74) is 7.37. The van der Waals surface area contributed by atoms with E-state index in [0.717, 1.165) is 30.6 Å². The van der Waals surface area contributed by atoms with Crippen molar-refractivity contribution >= 4 is 11.6 Å². The smallest absolute Gasteiger partial charge is 0.241 e. The minimum atomic E-state index is -0.250. The molecule has 110 valence electrons. The van der Waals surface area contributed by atoms with E-state index in [9.17, 15) is 9.90 Å². The van der Waals surface area contributed by atoms with Crippen LogP contribution in [0.25, 0.3) is 0 Å². The van der Waals surface area contributed by atoms with Crippen molar-refractivity contribution in [3.63, 3.8) is 0 Å². The number of nitrogens with zero attached hydrogens (tertiary/aromatic N) is 1. The summed E-state index contributed by atoms with van der Waals surface area (Å²) in [5.74, 6) is -0.0498. The number of hydrogen-bond acceptors (Lipinski definition) is 4. The summed E-state index contributed by atoms with van der Waals surface area (Å²) in [6.07, 6.45) is 1.98. The third-order valence-electron chi connectivity index (χ3n) is 4.01. The van der Waals surface area contributed by atoms with Crippen LogP contribution in [0.3, 0.4) is 0 Å². The molecule has 5 nitrogen and oxygen atoms in total. The molecule has 1 aliphatic rings. The van der Waals surface area contributed by atoms with Crippen LogP contribution >= 0.6 is 0 Å². The van der Waals surface area contributed by atoms with E-state index >= 15 is 0 Å². The van der Waals surface area contributed by atoms with E-state index in [2.05, 4.69) is 10.2 Å². The Morgan fingerprint density at radius 3 is 3.00 bits per heavy atom. The average Bonchev–Trinajstić information content (AvgIpc) is 2.95. The molecule has 0 aliphatic carbocycles. The highest BCUT2D eigenvalue weighted by Crippen LogP contribution is 2.21. The van der Waals surface area contributed by atoms with Crippen molar-refractivity contribution in [3.8, 4) is 0 Å². The first-order valence-corrected chi connectivity index (χ1v) is 7.12. The van der Waals surface area contributed by atoms with Gasteiger partial charge < -0.3 is 16.2 Å². The zero-order chi connectivity index (χ0) is 14.5. The highest BCUT2D eigenvalue weighted by Gasteiger charge is 2.31. The standard InChI is InChI=1S/C15H23N3O2/c1-11(18-8-4-6-13(18)10-19)15(20)17-14-7-3-2-5-12(14)9-16/h2-3,5,7,11,13,19H,4,6,8-10,16H2,1H3,(H,17,20). The van der Waals surface area contributed by atoms with E-state index < -0.39 is 0 Å².